The number of rotatable bonds is 7. The average molecular weight is 351 g/mol. The van der Waals surface area contributed by atoms with Gasteiger partial charge in [-0.15, -0.1) is 0 Å². The van der Waals surface area contributed by atoms with Gasteiger partial charge in [0.05, 0.1) is 18.1 Å². The van der Waals surface area contributed by atoms with E-state index in [1.54, 1.807) is 0 Å². The molecule has 2 aliphatic carbocycles. The van der Waals surface area contributed by atoms with E-state index in [9.17, 15) is 8.78 Å². The molecule has 2 fully saturated rings. The summed E-state index contributed by atoms with van der Waals surface area (Å²) in [5.74, 6) is -0.0619. The molecule has 0 amide bonds. The molecule has 0 aromatic heterocycles. The summed E-state index contributed by atoms with van der Waals surface area (Å²) in [6.45, 7) is 5.02. The Kier molecular flexibility index (Phi) is 7.61. The molecule has 0 heterocycles. The van der Waals surface area contributed by atoms with E-state index in [0.717, 1.165) is 38.7 Å². The summed E-state index contributed by atoms with van der Waals surface area (Å²) in [6.07, 6.45) is 3.84. The van der Waals surface area contributed by atoms with Crippen LogP contribution < -0.4 is 0 Å². The molecule has 136 valence electrons. The number of ether oxygens (including phenoxy) is 2. The maximum Gasteiger partial charge on any atom is 0.358 e. The molecule has 3 atom stereocenters. The fourth-order valence-corrected chi connectivity index (χ4v) is 4.10. The van der Waals surface area contributed by atoms with Crippen LogP contribution in [0, 0.1) is 11.8 Å². The van der Waals surface area contributed by atoms with Gasteiger partial charge < -0.3 is 9.47 Å². The average Bonchev–Trinajstić information content (AvgIpc) is 2.50. The lowest BCUT2D eigenvalue weighted by molar-refractivity contribution is -0.301. The van der Waals surface area contributed by atoms with Crippen LogP contribution in [0.3, 0.4) is 0 Å². The molecule has 2 aliphatic rings. The number of alkyl halides is 2. The van der Waals surface area contributed by atoms with Crippen molar-refractivity contribution in [3.63, 3.8) is 0 Å². The molecule has 0 bridgehead atoms. The van der Waals surface area contributed by atoms with Crippen molar-refractivity contribution in [2.24, 2.45) is 11.8 Å². The normalized spacial score (nSPS) is 36.1. The summed E-state index contributed by atoms with van der Waals surface area (Å²) in [7, 11) is 0. The summed E-state index contributed by atoms with van der Waals surface area (Å²) in [5, 5.41) is -0.163. The topological polar surface area (TPSA) is 18.5 Å². The van der Waals surface area contributed by atoms with E-state index in [4.69, 9.17) is 9.47 Å². The molecule has 0 aromatic carbocycles. The summed E-state index contributed by atoms with van der Waals surface area (Å²) < 4.78 is 40.0. The number of halogens is 2. The predicted molar refractivity (Wildman–Crippen MR) is 92.2 cm³/mol. The lowest BCUT2D eigenvalue weighted by atomic mass is 9.82. The molecule has 0 radical (unpaired) electrons. The number of thiol groups is 1. The maximum atomic E-state index is 14.5. The van der Waals surface area contributed by atoms with E-state index in [1.807, 2.05) is 0 Å². The Morgan fingerprint density at radius 2 is 1.78 bits per heavy atom. The van der Waals surface area contributed by atoms with Gasteiger partial charge in [0.25, 0.3) is 0 Å². The third-order valence-corrected chi connectivity index (χ3v) is 5.90. The molecular weight excluding hydrogens is 318 g/mol. The van der Waals surface area contributed by atoms with Crippen LogP contribution in [0.5, 0.6) is 0 Å². The Balaban J connectivity index is 1.78. The first-order valence-corrected chi connectivity index (χ1v) is 9.79. The zero-order chi connectivity index (χ0) is 16.9. The van der Waals surface area contributed by atoms with Crippen molar-refractivity contribution in [3.05, 3.63) is 0 Å². The number of hydrogen-bond donors (Lipinski definition) is 1. The molecule has 3 unspecified atom stereocenters. The van der Waals surface area contributed by atoms with Crippen molar-refractivity contribution in [1.82, 2.24) is 0 Å². The molecule has 2 saturated carbocycles. The standard InChI is InChI=1S/C18H32F2O2S/c1-3-4-11-21-15-9-10-16(17(23)12-15)22-18(19,20)14-7-5-13(2)6-8-14/h13-17,23H,3-12H2,1-2H3. The van der Waals surface area contributed by atoms with Gasteiger partial charge in [0.2, 0.25) is 0 Å². The van der Waals surface area contributed by atoms with Gasteiger partial charge in [-0.1, -0.05) is 33.1 Å². The third kappa shape index (κ3) is 5.86. The smallest absolute Gasteiger partial charge is 0.358 e. The van der Waals surface area contributed by atoms with Gasteiger partial charge in [0.15, 0.2) is 0 Å². The van der Waals surface area contributed by atoms with Gasteiger partial charge in [0.1, 0.15) is 0 Å². The summed E-state index contributed by atoms with van der Waals surface area (Å²) in [5.41, 5.74) is 0. The van der Waals surface area contributed by atoms with Gasteiger partial charge in [-0.2, -0.15) is 21.4 Å². The van der Waals surface area contributed by atoms with Crippen molar-refractivity contribution in [1.29, 1.82) is 0 Å². The minimum atomic E-state index is -3.01. The van der Waals surface area contributed by atoms with E-state index in [1.165, 1.54) is 0 Å². The zero-order valence-electron chi connectivity index (χ0n) is 14.5. The number of unbranched alkanes of at least 4 members (excludes halogenated alkanes) is 1. The molecular formula is C18H32F2O2S. The van der Waals surface area contributed by atoms with Gasteiger partial charge in [-0.3, -0.25) is 0 Å². The van der Waals surface area contributed by atoms with Crippen molar-refractivity contribution in [2.45, 2.75) is 95.2 Å². The molecule has 0 aromatic rings. The highest BCUT2D eigenvalue weighted by Crippen LogP contribution is 2.42. The largest absolute Gasteiger partial charge is 0.378 e. The fraction of sp³-hybridized carbons (Fsp3) is 1.00. The molecule has 2 rings (SSSR count). The molecule has 0 N–H and O–H groups in total. The Labute approximate surface area is 145 Å². The predicted octanol–water partition coefficient (Wildman–Crippen LogP) is 5.46. The van der Waals surface area contributed by atoms with Crippen LogP contribution in [0.15, 0.2) is 0 Å². The minimum absolute atomic E-state index is 0.146. The molecule has 2 nitrogen and oxygen atoms in total. The van der Waals surface area contributed by atoms with Gasteiger partial charge >= 0.3 is 6.11 Å². The molecule has 23 heavy (non-hydrogen) atoms. The van der Waals surface area contributed by atoms with Gasteiger partial charge in [0, 0.05) is 11.9 Å². The van der Waals surface area contributed by atoms with Crippen molar-refractivity contribution < 1.29 is 18.3 Å². The first-order valence-electron chi connectivity index (χ1n) is 9.27. The van der Waals surface area contributed by atoms with Gasteiger partial charge in [-0.25, -0.2) is 0 Å². The Morgan fingerprint density at radius 3 is 2.39 bits per heavy atom. The van der Waals surface area contributed by atoms with Crippen LogP contribution in [0.25, 0.3) is 0 Å². The van der Waals surface area contributed by atoms with E-state index in [0.29, 0.717) is 31.6 Å². The van der Waals surface area contributed by atoms with E-state index in [-0.39, 0.29) is 11.4 Å². The van der Waals surface area contributed by atoms with E-state index in [2.05, 4.69) is 26.5 Å². The monoisotopic (exact) mass is 350 g/mol. The Hall–Kier alpha value is 0.130. The molecule has 0 spiro atoms. The third-order valence-electron chi connectivity index (χ3n) is 5.36. The summed E-state index contributed by atoms with van der Waals surface area (Å²) in [4.78, 5) is 0. The second-order valence-electron chi connectivity index (χ2n) is 7.40. The second kappa shape index (κ2) is 9.00. The molecule has 0 aliphatic heterocycles. The first-order chi connectivity index (χ1) is 10.9. The Bertz CT molecular complexity index is 346. The van der Waals surface area contributed by atoms with Crippen LogP contribution >= 0.6 is 12.6 Å². The lowest BCUT2D eigenvalue weighted by Gasteiger charge is -2.38. The Morgan fingerprint density at radius 1 is 1.09 bits per heavy atom. The van der Waals surface area contributed by atoms with E-state index < -0.39 is 18.1 Å². The zero-order valence-corrected chi connectivity index (χ0v) is 15.4. The molecule has 0 saturated heterocycles. The van der Waals surface area contributed by atoms with E-state index >= 15 is 0 Å². The maximum absolute atomic E-state index is 14.5. The number of hydrogen-bond acceptors (Lipinski definition) is 3. The highest BCUT2D eigenvalue weighted by molar-refractivity contribution is 7.81. The quantitative estimate of drug-likeness (QED) is 0.485. The van der Waals surface area contributed by atoms with Gasteiger partial charge in [-0.05, 0) is 44.4 Å². The van der Waals surface area contributed by atoms with Crippen LogP contribution in [0.4, 0.5) is 8.78 Å². The second-order valence-corrected chi connectivity index (χ2v) is 8.06. The SMILES string of the molecule is CCCCOC1CCC(OC(F)(F)C2CCC(C)CC2)C(S)C1. The van der Waals surface area contributed by atoms with Crippen molar-refractivity contribution in [3.8, 4) is 0 Å². The summed E-state index contributed by atoms with van der Waals surface area (Å²) >= 11 is 4.51. The lowest BCUT2D eigenvalue weighted by Crippen LogP contribution is -2.44. The highest BCUT2D eigenvalue weighted by Gasteiger charge is 2.45. The van der Waals surface area contributed by atoms with Crippen LogP contribution in [-0.4, -0.2) is 30.2 Å². The van der Waals surface area contributed by atoms with Crippen molar-refractivity contribution in [2.75, 3.05) is 6.61 Å². The summed E-state index contributed by atoms with van der Waals surface area (Å²) in [6, 6.07) is 0. The first kappa shape index (κ1) is 19.5. The van der Waals surface area contributed by atoms with Crippen LogP contribution in [0.2, 0.25) is 0 Å². The minimum Gasteiger partial charge on any atom is -0.378 e. The highest BCUT2D eigenvalue weighted by atomic mass is 32.1. The van der Waals surface area contributed by atoms with Crippen molar-refractivity contribution >= 4 is 12.6 Å². The van der Waals surface area contributed by atoms with Crippen LogP contribution in [-0.2, 0) is 9.47 Å². The van der Waals surface area contributed by atoms with Crippen LogP contribution in [0.1, 0.15) is 71.6 Å². The molecule has 5 heteroatoms. The fourth-order valence-electron chi connectivity index (χ4n) is 3.66.